The number of hydrogen-bond donors (Lipinski definition) is 2. The standard InChI is InChI=1S/C12H17N3O2/c1-15-5-4-9(8-15)6-13-10-2-3-11(12(16)17)14-7-10/h2-3,7,9,13H,4-6,8H2,1H3,(H,16,17). The van der Waals surface area contributed by atoms with E-state index in [2.05, 4.69) is 22.2 Å². The first kappa shape index (κ1) is 11.9. The van der Waals surface area contributed by atoms with Crippen LogP contribution in [-0.2, 0) is 0 Å². The number of hydrogen-bond acceptors (Lipinski definition) is 4. The van der Waals surface area contributed by atoms with E-state index in [1.807, 2.05) is 0 Å². The highest BCUT2D eigenvalue weighted by Crippen LogP contribution is 2.15. The summed E-state index contributed by atoms with van der Waals surface area (Å²) in [5, 5.41) is 12.0. The van der Waals surface area contributed by atoms with Crippen LogP contribution in [0.25, 0.3) is 0 Å². The molecule has 5 heteroatoms. The molecule has 1 saturated heterocycles. The van der Waals surface area contributed by atoms with Crippen LogP contribution >= 0.6 is 0 Å². The highest BCUT2D eigenvalue weighted by Gasteiger charge is 2.18. The third-order valence-corrected chi connectivity index (χ3v) is 3.07. The van der Waals surface area contributed by atoms with E-state index in [0.717, 1.165) is 25.3 Å². The number of likely N-dealkylation sites (tertiary alicyclic amines) is 1. The second kappa shape index (κ2) is 5.14. The van der Waals surface area contributed by atoms with Gasteiger partial charge in [0.25, 0.3) is 0 Å². The first-order valence-electron chi connectivity index (χ1n) is 5.77. The van der Waals surface area contributed by atoms with Crippen LogP contribution < -0.4 is 5.32 Å². The SMILES string of the molecule is CN1CCC(CNc2ccc(C(=O)O)nc2)C1. The van der Waals surface area contributed by atoms with E-state index in [4.69, 9.17) is 5.11 Å². The summed E-state index contributed by atoms with van der Waals surface area (Å²) < 4.78 is 0. The summed E-state index contributed by atoms with van der Waals surface area (Å²) >= 11 is 0. The maximum absolute atomic E-state index is 10.6. The molecule has 0 saturated carbocycles. The lowest BCUT2D eigenvalue weighted by Gasteiger charge is -2.12. The maximum Gasteiger partial charge on any atom is 0.354 e. The van der Waals surface area contributed by atoms with Crippen molar-refractivity contribution in [2.24, 2.45) is 5.92 Å². The van der Waals surface area contributed by atoms with Gasteiger partial charge in [0.2, 0.25) is 0 Å². The zero-order valence-electron chi connectivity index (χ0n) is 9.89. The van der Waals surface area contributed by atoms with Crippen LogP contribution in [0.5, 0.6) is 0 Å². The molecule has 0 amide bonds. The van der Waals surface area contributed by atoms with Crippen molar-refractivity contribution in [2.75, 3.05) is 32.0 Å². The Morgan fingerprint density at radius 3 is 3.00 bits per heavy atom. The Balaban J connectivity index is 1.85. The normalized spacial score (nSPS) is 20.4. The second-order valence-corrected chi connectivity index (χ2v) is 4.54. The number of pyridine rings is 1. The molecule has 2 rings (SSSR count). The van der Waals surface area contributed by atoms with Gasteiger partial charge in [-0.25, -0.2) is 9.78 Å². The fraction of sp³-hybridized carbons (Fsp3) is 0.500. The predicted molar refractivity (Wildman–Crippen MR) is 65.3 cm³/mol. The fourth-order valence-electron chi connectivity index (χ4n) is 2.08. The van der Waals surface area contributed by atoms with Crippen LogP contribution in [0.15, 0.2) is 18.3 Å². The molecule has 1 aliphatic heterocycles. The van der Waals surface area contributed by atoms with Crippen molar-refractivity contribution < 1.29 is 9.90 Å². The van der Waals surface area contributed by atoms with Gasteiger partial charge in [-0.15, -0.1) is 0 Å². The lowest BCUT2D eigenvalue weighted by Crippen LogP contribution is -2.19. The number of carboxylic acid groups (broad SMARTS) is 1. The first-order chi connectivity index (χ1) is 8.15. The van der Waals surface area contributed by atoms with Crippen LogP contribution in [0.4, 0.5) is 5.69 Å². The Kier molecular flexibility index (Phi) is 3.58. The summed E-state index contributed by atoms with van der Waals surface area (Å²) in [6.45, 7) is 3.19. The molecule has 0 spiro atoms. The minimum Gasteiger partial charge on any atom is -0.477 e. The monoisotopic (exact) mass is 235 g/mol. The number of carbonyl (C=O) groups is 1. The predicted octanol–water partition coefficient (Wildman–Crippen LogP) is 1.14. The van der Waals surface area contributed by atoms with Crippen molar-refractivity contribution in [3.8, 4) is 0 Å². The van der Waals surface area contributed by atoms with Crippen molar-refractivity contribution in [1.82, 2.24) is 9.88 Å². The van der Waals surface area contributed by atoms with Gasteiger partial charge in [-0.2, -0.15) is 0 Å². The van der Waals surface area contributed by atoms with Gasteiger partial charge in [-0.3, -0.25) is 0 Å². The van der Waals surface area contributed by atoms with Crippen molar-refractivity contribution in [1.29, 1.82) is 0 Å². The average molecular weight is 235 g/mol. The minimum absolute atomic E-state index is 0.0798. The highest BCUT2D eigenvalue weighted by molar-refractivity contribution is 5.85. The van der Waals surface area contributed by atoms with Crippen molar-refractivity contribution in [3.63, 3.8) is 0 Å². The molecule has 1 fully saturated rings. The van der Waals surface area contributed by atoms with Crippen LogP contribution in [0.3, 0.4) is 0 Å². The van der Waals surface area contributed by atoms with Crippen LogP contribution in [-0.4, -0.2) is 47.6 Å². The summed E-state index contributed by atoms with van der Waals surface area (Å²) in [6, 6.07) is 3.28. The largest absolute Gasteiger partial charge is 0.477 e. The molecule has 1 unspecified atom stereocenters. The number of carboxylic acids is 1. The fourth-order valence-corrected chi connectivity index (χ4v) is 2.08. The number of rotatable bonds is 4. The lowest BCUT2D eigenvalue weighted by atomic mass is 10.1. The number of aromatic nitrogens is 1. The van der Waals surface area contributed by atoms with Crippen molar-refractivity contribution in [3.05, 3.63) is 24.0 Å². The zero-order chi connectivity index (χ0) is 12.3. The van der Waals surface area contributed by atoms with Gasteiger partial charge in [-0.1, -0.05) is 0 Å². The van der Waals surface area contributed by atoms with Crippen LogP contribution in [0.2, 0.25) is 0 Å². The summed E-state index contributed by atoms with van der Waals surface area (Å²) in [5.41, 5.74) is 0.959. The lowest BCUT2D eigenvalue weighted by molar-refractivity contribution is 0.0690. The Morgan fingerprint density at radius 2 is 2.47 bits per heavy atom. The number of nitrogens with one attached hydrogen (secondary N) is 1. The summed E-state index contributed by atoms with van der Waals surface area (Å²) in [5.74, 6) is -0.326. The zero-order valence-corrected chi connectivity index (χ0v) is 9.89. The molecule has 1 atom stereocenters. The van der Waals surface area contributed by atoms with Gasteiger partial charge in [0, 0.05) is 13.1 Å². The molecule has 0 aromatic carbocycles. The summed E-state index contributed by atoms with van der Waals surface area (Å²) in [6.07, 6.45) is 2.78. The minimum atomic E-state index is -0.992. The van der Waals surface area contributed by atoms with E-state index in [1.54, 1.807) is 12.3 Å². The Hall–Kier alpha value is -1.62. The smallest absolute Gasteiger partial charge is 0.354 e. The Bertz CT molecular complexity index is 391. The van der Waals surface area contributed by atoms with E-state index < -0.39 is 5.97 Å². The van der Waals surface area contributed by atoms with Gasteiger partial charge in [0.1, 0.15) is 5.69 Å². The third-order valence-electron chi connectivity index (χ3n) is 3.07. The molecule has 2 N–H and O–H groups in total. The maximum atomic E-state index is 10.6. The van der Waals surface area contributed by atoms with Gasteiger partial charge >= 0.3 is 5.97 Å². The molecule has 17 heavy (non-hydrogen) atoms. The molecule has 1 aromatic heterocycles. The molecule has 1 aromatic rings. The van der Waals surface area contributed by atoms with Gasteiger partial charge in [-0.05, 0) is 38.1 Å². The van der Waals surface area contributed by atoms with Crippen molar-refractivity contribution >= 4 is 11.7 Å². The second-order valence-electron chi connectivity index (χ2n) is 4.54. The molecule has 5 nitrogen and oxygen atoms in total. The summed E-state index contributed by atoms with van der Waals surface area (Å²) in [4.78, 5) is 16.8. The summed E-state index contributed by atoms with van der Waals surface area (Å²) in [7, 11) is 2.13. The van der Waals surface area contributed by atoms with E-state index in [9.17, 15) is 4.79 Å². The Labute approximate surface area is 100 Å². The van der Waals surface area contributed by atoms with E-state index in [1.165, 1.54) is 12.5 Å². The molecule has 0 aliphatic carbocycles. The van der Waals surface area contributed by atoms with Crippen LogP contribution in [0.1, 0.15) is 16.9 Å². The molecule has 0 bridgehead atoms. The van der Waals surface area contributed by atoms with Gasteiger partial charge < -0.3 is 15.3 Å². The number of aromatic carboxylic acids is 1. The van der Waals surface area contributed by atoms with Crippen LogP contribution in [0, 0.1) is 5.92 Å². The van der Waals surface area contributed by atoms with Gasteiger partial charge in [0.15, 0.2) is 0 Å². The number of anilines is 1. The average Bonchev–Trinajstić information content (AvgIpc) is 2.73. The molecular formula is C12H17N3O2. The third kappa shape index (κ3) is 3.17. The molecule has 92 valence electrons. The molecule has 2 heterocycles. The first-order valence-corrected chi connectivity index (χ1v) is 5.77. The van der Waals surface area contributed by atoms with Crippen molar-refractivity contribution in [2.45, 2.75) is 6.42 Å². The van der Waals surface area contributed by atoms with Gasteiger partial charge in [0.05, 0.1) is 11.9 Å². The molecule has 0 radical (unpaired) electrons. The van der Waals surface area contributed by atoms with E-state index in [0.29, 0.717) is 5.92 Å². The quantitative estimate of drug-likeness (QED) is 0.819. The van der Waals surface area contributed by atoms with E-state index in [-0.39, 0.29) is 5.69 Å². The number of nitrogens with zero attached hydrogens (tertiary/aromatic N) is 2. The molecular weight excluding hydrogens is 218 g/mol. The topological polar surface area (TPSA) is 65.5 Å². The highest BCUT2D eigenvalue weighted by atomic mass is 16.4. The molecule has 1 aliphatic rings. The van der Waals surface area contributed by atoms with E-state index >= 15 is 0 Å². The Morgan fingerprint density at radius 1 is 1.65 bits per heavy atom.